The van der Waals surface area contributed by atoms with E-state index in [9.17, 15) is 4.79 Å². The molecule has 0 saturated heterocycles. The Labute approximate surface area is 195 Å². The van der Waals surface area contributed by atoms with Gasteiger partial charge in [0.2, 0.25) is 0 Å². The fourth-order valence-corrected chi connectivity index (χ4v) is 3.10. The monoisotopic (exact) mass is 498 g/mol. The third kappa shape index (κ3) is 7.02. The molecule has 0 saturated carbocycles. The van der Waals surface area contributed by atoms with Crippen LogP contribution in [0.1, 0.15) is 11.1 Å². The maximum Gasteiger partial charge on any atom is 0.277 e. The van der Waals surface area contributed by atoms with Gasteiger partial charge < -0.3 is 18.9 Å². The number of carbonyl (C=O) groups is 1. The molecule has 0 spiro atoms. The minimum Gasteiger partial charge on any atom is -0.497 e. The summed E-state index contributed by atoms with van der Waals surface area (Å²) in [7, 11) is 3.20. The van der Waals surface area contributed by atoms with Gasteiger partial charge in [-0.2, -0.15) is 5.10 Å². The lowest BCUT2D eigenvalue weighted by Crippen LogP contribution is -2.24. The first kappa shape index (κ1) is 23.1. The molecule has 0 aromatic heterocycles. The number of hydrazone groups is 1. The molecule has 7 nitrogen and oxygen atoms in total. The molecule has 32 heavy (non-hydrogen) atoms. The summed E-state index contributed by atoms with van der Waals surface area (Å²) in [6.07, 6.45) is 1.50. The van der Waals surface area contributed by atoms with Gasteiger partial charge in [0.25, 0.3) is 5.91 Å². The number of amides is 1. The van der Waals surface area contributed by atoms with E-state index in [0.717, 1.165) is 15.8 Å². The van der Waals surface area contributed by atoms with Gasteiger partial charge in [-0.25, -0.2) is 5.43 Å². The van der Waals surface area contributed by atoms with Gasteiger partial charge in [-0.3, -0.25) is 4.79 Å². The second-order valence-corrected chi connectivity index (χ2v) is 7.50. The molecular weight excluding hydrogens is 476 g/mol. The minimum atomic E-state index is -0.386. The standard InChI is InChI=1S/C24H23BrN2O5/c1-29-20-7-3-5-17(11-20)15-32-23-10-9-21(30-2)12-18(23)14-26-27-24(28)16-31-22-8-4-6-19(25)13-22/h3-14H,15-16H2,1-2H3,(H,27,28)/b26-14-. The van der Waals surface area contributed by atoms with Gasteiger partial charge in [-0.1, -0.05) is 34.1 Å². The second kappa shape index (κ2) is 11.8. The molecule has 0 heterocycles. The molecule has 0 unspecified atom stereocenters. The van der Waals surface area contributed by atoms with Crippen LogP contribution < -0.4 is 24.4 Å². The molecule has 0 atom stereocenters. The first-order chi connectivity index (χ1) is 15.6. The van der Waals surface area contributed by atoms with Crippen molar-refractivity contribution in [3.8, 4) is 23.0 Å². The molecule has 0 aliphatic carbocycles. The minimum absolute atomic E-state index is 0.162. The Hall–Kier alpha value is -3.52. The van der Waals surface area contributed by atoms with Crippen LogP contribution in [0, 0.1) is 0 Å². The van der Waals surface area contributed by atoms with E-state index in [1.807, 2.05) is 36.4 Å². The molecule has 0 fully saturated rings. The summed E-state index contributed by atoms with van der Waals surface area (Å²) in [5.74, 6) is 2.19. The number of carbonyl (C=O) groups excluding carboxylic acids is 1. The van der Waals surface area contributed by atoms with E-state index in [0.29, 0.717) is 29.4 Å². The molecule has 1 N–H and O–H groups in total. The van der Waals surface area contributed by atoms with Crippen LogP contribution in [0.4, 0.5) is 0 Å². The van der Waals surface area contributed by atoms with Crippen molar-refractivity contribution in [3.05, 3.63) is 82.3 Å². The summed E-state index contributed by atoms with van der Waals surface area (Å²) in [5.41, 5.74) is 4.06. The lowest BCUT2D eigenvalue weighted by molar-refractivity contribution is -0.123. The third-order valence-corrected chi connectivity index (χ3v) is 4.80. The van der Waals surface area contributed by atoms with Crippen molar-refractivity contribution in [2.75, 3.05) is 20.8 Å². The SMILES string of the molecule is COc1cccc(COc2ccc(OC)cc2/C=N\NC(=O)COc2cccc(Br)c2)c1. The van der Waals surface area contributed by atoms with Crippen LogP contribution >= 0.6 is 15.9 Å². The summed E-state index contributed by atoms with van der Waals surface area (Å²) >= 11 is 3.36. The molecule has 3 aromatic carbocycles. The van der Waals surface area contributed by atoms with Gasteiger partial charge in [0, 0.05) is 10.0 Å². The van der Waals surface area contributed by atoms with E-state index in [1.54, 1.807) is 44.6 Å². The van der Waals surface area contributed by atoms with Crippen molar-refractivity contribution in [3.63, 3.8) is 0 Å². The summed E-state index contributed by atoms with van der Waals surface area (Å²) in [4.78, 5) is 12.0. The topological polar surface area (TPSA) is 78.4 Å². The highest BCUT2D eigenvalue weighted by Crippen LogP contribution is 2.24. The Balaban J connectivity index is 1.61. The summed E-state index contributed by atoms with van der Waals surface area (Å²) in [5, 5.41) is 4.02. The highest BCUT2D eigenvalue weighted by Gasteiger charge is 2.07. The molecule has 3 rings (SSSR count). The van der Waals surface area contributed by atoms with Crippen LogP contribution in [0.25, 0.3) is 0 Å². The van der Waals surface area contributed by atoms with Gasteiger partial charge in [0.1, 0.15) is 29.6 Å². The maximum atomic E-state index is 12.0. The van der Waals surface area contributed by atoms with Crippen molar-refractivity contribution >= 4 is 28.1 Å². The lowest BCUT2D eigenvalue weighted by Gasteiger charge is -2.11. The van der Waals surface area contributed by atoms with Gasteiger partial charge >= 0.3 is 0 Å². The molecule has 1 amide bonds. The van der Waals surface area contributed by atoms with Crippen LogP contribution in [-0.2, 0) is 11.4 Å². The zero-order valence-electron chi connectivity index (χ0n) is 17.7. The van der Waals surface area contributed by atoms with E-state index in [2.05, 4.69) is 26.5 Å². The molecule has 8 heteroatoms. The van der Waals surface area contributed by atoms with Crippen molar-refractivity contribution in [1.29, 1.82) is 0 Å². The number of benzene rings is 3. The zero-order chi connectivity index (χ0) is 22.8. The Morgan fingerprint density at radius 2 is 1.69 bits per heavy atom. The highest BCUT2D eigenvalue weighted by atomic mass is 79.9. The van der Waals surface area contributed by atoms with Crippen molar-refractivity contribution in [2.24, 2.45) is 5.10 Å². The average Bonchev–Trinajstić information content (AvgIpc) is 2.82. The number of methoxy groups -OCH3 is 2. The van der Waals surface area contributed by atoms with Gasteiger partial charge in [-0.15, -0.1) is 0 Å². The van der Waals surface area contributed by atoms with Crippen LogP contribution in [0.15, 0.2) is 76.3 Å². The van der Waals surface area contributed by atoms with E-state index in [-0.39, 0.29) is 12.5 Å². The van der Waals surface area contributed by atoms with E-state index < -0.39 is 0 Å². The smallest absolute Gasteiger partial charge is 0.277 e. The molecule has 0 aliphatic rings. The van der Waals surface area contributed by atoms with Crippen LogP contribution in [0.5, 0.6) is 23.0 Å². The number of hydrogen-bond donors (Lipinski definition) is 1. The Kier molecular flexibility index (Phi) is 8.51. The van der Waals surface area contributed by atoms with Gasteiger partial charge in [0.15, 0.2) is 6.61 Å². The Bertz CT molecular complexity index is 1090. The van der Waals surface area contributed by atoms with E-state index >= 15 is 0 Å². The first-order valence-electron chi connectivity index (χ1n) is 9.71. The highest BCUT2D eigenvalue weighted by molar-refractivity contribution is 9.10. The number of ether oxygens (including phenoxy) is 4. The quantitative estimate of drug-likeness (QED) is 0.327. The van der Waals surface area contributed by atoms with Gasteiger partial charge in [-0.05, 0) is 54.1 Å². The largest absolute Gasteiger partial charge is 0.497 e. The molecule has 0 bridgehead atoms. The fourth-order valence-electron chi connectivity index (χ4n) is 2.72. The normalized spacial score (nSPS) is 10.6. The Morgan fingerprint density at radius 1 is 0.938 bits per heavy atom. The third-order valence-electron chi connectivity index (χ3n) is 4.30. The van der Waals surface area contributed by atoms with Crippen molar-refractivity contribution in [2.45, 2.75) is 6.61 Å². The summed E-state index contributed by atoms with van der Waals surface area (Å²) in [6, 6.07) is 20.2. The maximum absolute atomic E-state index is 12.0. The van der Waals surface area contributed by atoms with E-state index in [4.69, 9.17) is 18.9 Å². The Morgan fingerprint density at radius 3 is 2.47 bits per heavy atom. The molecular formula is C24H23BrN2O5. The van der Waals surface area contributed by atoms with Crippen molar-refractivity contribution < 1.29 is 23.7 Å². The fraction of sp³-hybridized carbons (Fsp3) is 0.167. The number of halogens is 1. The zero-order valence-corrected chi connectivity index (χ0v) is 19.3. The number of rotatable bonds is 10. The van der Waals surface area contributed by atoms with Crippen LogP contribution in [0.3, 0.4) is 0 Å². The number of nitrogens with one attached hydrogen (secondary N) is 1. The van der Waals surface area contributed by atoms with Crippen LogP contribution in [-0.4, -0.2) is 32.9 Å². The lowest BCUT2D eigenvalue weighted by atomic mass is 10.2. The number of hydrogen-bond acceptors (Lipinski definition) is 6. The second-order valence-electron chi connectivity index (χ2n) is 6.58. The molecule has 0 aliphatic heterocycles. The molecule has 0 radical (unpaired) electrons. The summed E-state index contributed by atoms with van der Waals surface area (Å²) < 4.78 is 22.8. The molecule has 3 aromatic rings. The average molecular weight is 499 g/mol. The van der Waals surface area contributed by atoms with Gasteiger partial charge in [0.05, 0.1) is 20.4 Å². The number of nitrogens with zero attached hydrogens (tertiary/aromatic N) is 1. The predicted molar refractivity (Wildman–Crippen MR) is 126 cm³/mol. The van der Waals surface area contributed by atoms with Crippen LogP contribution in [0.2, 0.25) is 0 Å². The molecule has 166 valence electrons. The predicted octanol–water partition coefficient (Wildman–Crippen LogP) is 4.57. The van der Waals surface area contributed by atoms with E-state index in [1.165, 1.54) is 6.21 Å². The van der Waals surface area contributed by atoms with Crippen molar-refractivity contribution in [1.82, 2.24) is 5.43 Å². The summed E-state index contributed by atoms with van der Waals surface area (Å²) in [6.45, 7) is 0.183. The first-order valence-corrected chi connectivity index (χ1v) is 10.5.